The maximum atomic E-state index is 13.1. The van der Waals surface area contributed by atoms with Gasteiger partial charge in [-0.3, -0.25) is 4.79 Å². The predicted molar refractivity (Wildman–Crippen MR) is 94.6 cm³/mol. The van der Waals surface area contributed by atoms with Gasteiger partial charge in [0.25, 0.3) is 5.91 Å². The molecule has 25 heavy (non-hydrogen) atoms. The number of nitrogens with one attached hydrogen (secondary N) is 2. The molecule has 0 fully saturated rings. The summed E-state index contributed by atoms with van der Waals surface area (Å²) in [6.07, 6.45) is 1.54. The van der Waals surface area contributed by atoms with Crippen LogP contribution in [0.1, 0.15) is 10.5 Å². The van der Waals surface area contributed by atoms with Gasteiger partial charge in [0.1, 0.15) is 22.9 Å². The number of furan rings is 1. The summed E-state index contributed by atoms with van der Waals surface area (Å²) in [6.45, 7) is 1.25. The molecule has 0 aliphatic rings. The number of amides is 1. The molecule has 2 heterocycles. The standard InChI is InChI=1S/C18H19FN4O2/c1-23(2)9-8-20-18(24)15-11-16-14(7-10-25-16)17(22-15)21-13-5-3-12(19)4-6-13/h3-7,10-11H,8-9H2,1-2H3,(H,20,24)(H,21,22). The normalized spacial score (nSPS) is 11.0. The quantitative estimate of drug-likeness (QED) is 0.721. The molecular weight excluding hydrogens is 323 g/mol. The molecular formula is C18H19FN4O2. The maximum absolute atomic E-state index is 13.1. The molecule has 6 nitrogen and oxygen atoms in total. The van der Waals surface area contributed by atoms with Gasteiger partial charge in [-0.25, -0.2) is 9.37 Å². The molecule has 0 aliphatic heterocycles. The lowest BCUT2D eigenvalue weighted by molar-refractivity contribution is 0.0946. The van der Waals surface area contributed by atoms with Crippen LogP contribution in [0.5, 0.6) is 0 Å². The lowest BCUT2D eigenvalue weighted by Gasteiger charge is -2.11. The third-order valence-electron chi connectivity index (χ3n) is 3.63. The first-order valence-electron chi connectivity index (χ1n) is 7.87. The van der Waals surface area contributed by atoms with Gasteiger partial charge in [0.2, 0.25) is 0 Å². The molecule has 0 spiro atoms. The zero-order valence-electron chi connectivity index (χ0n) is 14.0. The lowest BCUT2D eigenvalue weighted by atomic mass is 10.2. The van der Waals surface area contributed by atoms with Gasteiger partial charge >= 0.3 is 0 Å². The number of fused-ring (bicyclic) bond motifs is 1. The zero-order chi connectivity index (χ0) is 17.8. The van der Waals surface area contributed by atoms with Crippen molar-refractivity contribution in [3.63, 3.8) is 0 Å². The van der Waals surface area contributed by atoms with Crippen LogP contribution in [0.2, 0.25) is 0 Å². The van der Waals surface area contributed by atoms with Crippen LogP contribution in [0, 0.1) is 5.82 Å². The summed E-state index contributed by atoms with van der Waals surface area (Å²) in [4.78, 5) is 18.7. The van der Waals surface area contributed by atoms with Gasteiger partial charge in [0.05, 0.1) is 11.6 Å². The highest BCUT2D eigenvalue weighted by molar-refractivity contribution is 5.99. The first kappa shape index (κ1) is 16.9. The van der Waals surface area contributed by atoms with Crippen molar-refractivity contribution in [1.82, 2.24) is 15.2 Å². The third kappa shape index (κ3) is 4.13. The van der Waals surface area contributed by atoms with Crippen LogP contribution in [-0.4, -0.2) is 43.0 Å². The zero-order valence-corrected chi connectivity index (χ0v) is 14.0. The van der Waals surface area contributed by atoms with Crippen LogP contribution in [0.25, 0.3) is 11.0 Å². The molecule has 3 rings (SSSR count). The molecule has 1 amide bonds. The minimum absolute atomic E-state index is 0.255. The highest BCUT2D eigenvalue weighted by atomic mass is 19.1. The highest BCUT2D eigenvalue weighted by Gasteiger charge is 2.14. The fourth-order valence-corrected chi connectivity index (χ4v) is 2.33. The Labute approximate surface area is 144 Å². The van der Waals surface area contributed by atoms with E-state index in [2.05, 4.69) is 15.6 Å². The molecule has 0 unspecified atom stereocenters. The SMILES string of the molecule is CN(C)CCNC(=O)c1cc2occc2c(Nc2ccc(F)cc2)n1. The number of nitrogens with zero attached hydrogens (tertiary/aromatic N) is 2. The molecule has 130 valence electrons. The van der Waals surface area contributed by atoms with Crippen molar-refractivity contribution in [2.45, 2.75) is 0 Å². The first-order valence-corrected chi connectivity index (χ1v) is 7.87. The van der Waals surface area contributed by atoms with Gasteiger partial charge in [0.15, 0.2) is 0 Å². The molecule has 0 saturated carbocycles. The number of carbonyl (C=O) groups is 1. The second-order valence-electron chi connectivity index (χ2n) is 5.88. The van der Waals surface area contributed by atoms with Crippen LogP contribution in [0.3, 0.4) is 0 Å². The fourth-order valence-electron chi connectivity index (χ4n) is 2.33. The lowest BCUT2D eigenvalue weighted by Crippen LogP contribution is -2.31. The number of benzene rings is 1. The topological polar surface area (TPSA) is 70.4 Å². The fraction of sp³-hybridized carbons (Fsp3) is 0.222. The van der Waals surface area contributed by atoms with Crippen molar-refractivity contribution >= 4 is 28.4 Å². The number of halogens is 1. The minimum atomic E-state index is -0.319. The van der Waals surface area contributed by atoms with Gasteiger partial charge in [-0.05, 0) is 44.4 Å². The Hall–Kier alpha value is -2.93. The Balaban J connectivity index is 1.85. The van der Waals surface area contributed by atoms with E-state index >= 15 is 0 Å². The summed E-state index contributed by atoms with van der Waals surface area (Å²) >= 11 is 0. The van der Waals surface area contributed by atoms with Crippen molar-refractivity contribution in [2.75, 3.05) is 32.5 Å². The van der Waals surface area contributed by atoms with E-state index in [1.807, 2.05) is 19.0 Å². The summed E-state index contributed by atoms with van der Waals surface area (Å²) in [5.74, 6) is -0.112. The van der Waals surface area contributed by atoms with E-state index in [0.717, 1.165) is 11.9 Å². The van der Waals surface area contributed by atoms with Gasteiger partial charge in [-0.1, -0.05) is 0 Å². The van der Waals surface area contributed by atoms with E-state index in [-0.39, 0.29) is 17.4 Å². The summed E-state index contributed by atoms with van der Waals surface area (Å²) in [6, 6.07) is 9.29. The number of hydrogen-bond acceptors (Lipinski definition) is 5. The smallest absolute Gasteiger partial charge is 0.270 e. The van der Waals surface area contributed by atoms with Crippen molar-refractivity contribution in [3.8, 4) is 0 Å². The predicted octanol–water partition coefficient (Wildman–Crippen LogP) is 3.00. The summed E-state index contributed by atoms with van der Waals surface area (Å²) in [5, 5.41) is 6.67. The molecule has 7 heteroatoms. The average molecular weight is 342 g/mol. The second-order valence-corrected chi connectivity index (χ2v) is 5.88. The maximum Gasteiger partial charge on any atom is 0.270 e. The molecule has 1 aromatic carbocycles. The molecule has 2 aromatic heterocycles. The van der Waals surface area contributed by atoms with Gasteiger partial charge in [0, 0.05) is 24.8 Å². The van der Waals surface area contributed by atoms with E-state index < -0.39 is 0 Å². The van der Waals surface area contributed by atoms with Crippen LogP contribution in [-0.2, 0) is 0 Å². The van der Waals surface area contributed by atoms with Gasteiger partial charge < -0.3 is 20.0 Å². The van der Waals surface area contributed by atoms with Crippen molar-refractivity contribution < 1.29 is 13.6 Å². The second kappa shape index (κ2) is 7.31. The minimum Gasteiger partial charge on any atom is -0.464 e. The third-order valence-corrected chi connectivity index (χ3v) is 3.63. The van der Waals surface area contributed by atoms with Gasteiger partial charge in [-0.15, -0.1) is 0 Å². The number of anilines is 2. The Kier molecular flexibility index (Phi) is 4.95. The van der Waals surface area contributed by atoms with Crippen molar-refractivity contribution in [2.24, 2.45) is 0 Å². The molecule has 0 aliphatic carbocycles. The van der Waals surface area contributed by atoms with E-state index in [0.29, 0.717) is 23.6 Å². The number of pyridine rings is 1. The van der Waals surface area contributed by atoms with Gasteiger partial charge in [-0.2, -0.15) is 0 Å². The van der Waals surface area contributed by atoms with Crippen molar-refractivity contribution in [1.29, 1.82) is 0 Å². The highest BCUT2D eigenvalue weighted by Crippen LogP contribution is 2.26. The molecule has 0 saturated heterocycles. The van der Waals surface area contributed by atoms with Crippen LogP contribution < -0.4 is 10.6 Å². The molecule has 0 radical (unpaired) electrons. The largest absolute Gasteiger partial charge is 0.464 e. The molecule has 0 bridgehead atoms. The monoisotopic (exact) mass is 342 g/mol. The number of aromatic nitrogens is 1. The van der Waals surface area contributed by atoms with E-state index in [4.69, 9.17) is 4.42 Å². The van der Waals surface area contributed by atoms with Crippen LogP contribution >= 0.6 is 0 Å². The number of rotatable bonds is 6. The Morgan fingerprint density at radius 1 is 1.24 bits per heavy atom. The number of likely N-dealkylation sites (N-methyl/N-ethyl adjacent to an activating group) is 1. The van der Waals surface area contributed by atoms with E-state index in [9.17, 15) is 9.18 Å². The molecule has 2 N–H and O–H groups in total. The Morgan fingerprint density at radius 3 is 2.72 bits per heavy atom. The first-order chi connectivity index (χ1) is 12.0. The van der Waals surface area contributed by atoms with Crippen molar-refractivity contribution in [3.05, 3.63) is 54.2 Å². The van der Waals surface area contributed by atoms with E-state index in [1.165, 1.54) is 18.4 Å². The summed E-state index contributed by atoms with van der Waals surface area (Å²) < 4.78 is 18.5. The van der Waals surface area contributed by atoms with Crippen LogP contribution in [0.4, 0.5) is 15.9 Å². The Morgan fingerprint density at radius 2 is 2.00 bits per heavy atom. The van der Waals surface area contributed by atoms with E-state index in [1.54, 1.807) is 24.3 Å². The Bertz CT molecular complexity index is 874. The summed E-state index contributed by atoms with van der Waals surface area (Å²) in [7, 11) is 3.87. The molecule has 0 atom stereocenters. The number of carbonyl (C=O) groups excluding carboxylic acids is 1. The average Bonchev–Trinajstić information content (AvgIpc) is 3.05. The number of hydrogen-bond donors (Lipinski definition) is 2. The molecule has 3 aromatic rings. The summed E-state index contributed by atoms with van der Waals surface area (Å²) in [5.41, 5.74) is 1.48. The van der Waals surface area contributed by atoms with Crippen LogP contribution in [0.15, 0.2) is 47.1 Å².